The average Bonchev–Trinajstić information content (AvgIpc) is 3.26. The number of amides is 4. The minimum Gasteiger partial charge on any atom is -0.353 e. The van der Waals surface area contributed by atoms with Gasteiger partial charge in [-0.3, -0.25) is 9.59 Å². The Bertz CT molecular complexity index is 794. The molecule has 2 heterocycles. The Morgan fingerprint density at radius 1 is 1.07 bits per heavy atom. The molecular formula is C19H21Cl2N3O3. The molecule has 0 radical (unpaired) electrons. The van der Waals surface area contributed by atoms with Crippen LogP contribution < -0.4 is 10.2 Å². The zero-order valence-electron chi connectivity index (χ0n) is 14.8. The Balaban J connectivity index is 1.47. The second-order valence-corrected chi connectivity index (χ2v) is 8.29. The lowest BCUT2D eigenvalue weighted by Crippen LogP contribution is -2.50. The highest BCUT2D eigenvalue weighted by molar-refractivity contribution is 6.42. The summed E-state index contributed by atoms with van der Waals surface area (Å²) in [6, 6.07) is 3.74. The van der Waals surface area contributed by atoms with Gasteiger partial charge in [-0.05, 0) is 43.9 Å². The van der Waals surface area contributed by atoms with Gasteiger partial charge >= 0.3 is 6.03 Å². The summed E-state index contributed by atoms with van der Waals surface area (Å²) in [4.78, 5) is 40.8. The molecule has 1 aliphatic carbocycles. The third-order valence-corrected chi connectivity index (χ3v) is 6.52. The van der Waals surface area contributed by atoms with E-state index in [0.717, 1.165) is 30.6 Å². The molecule has 2 aliphatic heterocycles. The summed E-state index contributed by atoms with van der Waals surface area (Å²) in [5, 5.41) is 3.75. The van der Waals surface area contributed by atoms with Gasteiger partial charge in [0, 0.05) is 18.5 Å². The number of hydrogen-bond donors (Lipinski definition) is 1. The molecule has 0 spiro atoms. The lowest BCUT2D eigenvalue weighted by atomic mass is 9.96. The van der Waals surface area contributed by atoms with Crippen molar-refractivity contribution >= 4 is 46.7 Å². The van der Waals surface area contributed by atoms with Crippen molar-refractivity contribution in [1.82, 2.24) is 10.2 Å². The number of carbonyl (C=O) groups excluding carboxylic acids is 3. The quantitative estimate of drug-likeness (QED) is 0.775. The molecule has 2 atom stereocenters. The predicted molar refractivity (Wildman–Crippen MR) is 103 cm³/mol. The normalized spacial score (nSPS) is 25.9. The van der Waals surface area contributed by atoms with Gasteiger partial charge < -0.3 is 10.2 Å². The fraction of sp³-hybridized carbons (Fsp3) is 0.526. The molecule has 0 bridgehead atoms. The molecular weight excluding hydrogens is 389 g/mol. The standard InChI is InChI=1S/C19H21Cl2N3O3/c20-14-6-5-13(10-15(14)21)24-18(26)16-9-12(7-8-23(16)19(24)27)22-17(25)11-3-1-2-4-11/h5-6,10-12,16H,1-4,7-9H2,(H,22,25). The third kappa shape index (κ3) is 3.41. The van der Waals surface area contributed by atoms with Gasteiger partial charge in [0.2, 0.25) is 5.91 Å². The largest absolute Gasteiger partial charge is 0.353 e. The fourth-order valence-electron chi connectivity index (χ4n) is 4.30. The van der Waals surface area contributed by atoms with Gasteiger partial charge in [0.05, 0.1) is 15.7 Å². The summed E-state index contributed by atoms with van der Waals surface area (Å²) < 4.78 is 0. The summed E-state index contributed by atoms with van der Waals surface area (Å²) in [5.41, 5.74) is 0.417. The SMILES string of the molecule is O=C(NC1CCN2C(=O)N(c3ccc(Cl)c(Cl)c3)C(=O)C2C1)C1CCCC1. The monoisotopic (exact) mass is 409 g/mol. The first-order valence-corrected chi connectivity index (χ1v) is 10.1. The van der Waals surface area contributed by atoms with E-state index >= 15 is 0 Å². The highest BCUT2D eigenvalue weighted by Gasteiger charge is 2.49. The first-order chi connectivity index (χ1) is 13.0. The molecule has 3 fully saturated rings. The lowest BCUT2D eigenvalue weighted by Gasteiger charge is -2.33. The van der Waals surface area contributed by atoms with Gasteiger partial charge in [0.1, 0.15) is 6.04 Å². The average molecular weight is 410 g/mol. The van der Waals surface area contributed by atoms with Crippen molar-refractivity contribution < 1.29 is 14.4 Å². The van der Waals surface area contributed by atoms with Gasteiger partial charge in [0.25, 0.3) is 5.91 Å². The van der Waals surface area contributed by atoms with Gasteiger partial charge in [-0.2, -0.15) is 0 Å². The summed E-state index contributed by atoms with van der Waals surface area (Å²) in [6.07, 6.45) is 5.19. The molecule has 1 saturated carbocycles. The maximum Gasteiger partial charge on any atom is 0.332 e. The Morgan fingerprint density at radius 3 is 2.52 bits per heavy atom. The number of anilines is 1. The minimum absolute atomic E-state index is 0.0788. The fourth-order valence-corrected chi connectivity index (χ4v) is 4.59. The summed E-state index contributed by atoms with van der Waals surface area (Å²) in [6.45, 7) is 0.447. The number of piperidine rings is 1. The number of fused-ring (bicyclic) bond motifs is 1. The van der Waals surface area contributed by atoms with E-state index in [-0.39, 0.29) is 29.8 Å². The zero-order valence-corrected chi connectivity index (χ0v) is 16.3. The molecule has 1 aromatic carbocycles. The molecule has 4 rings (SSSR count). The number of nitrogens with zero attached hydrogens (tertiary/aromatic N) is 2. The van der Waals surface area contributed by atoms with Gasteiger partial charge in [-0.1, -0.05) is 36.0 Å². The van der Waals surface area contributed by atoms with Crippen LogP contribution in [0.2, 0.25) is 10.0 Å². The molecule has 6 nitrogen and oxygen atoms in total. The van der Waals surface area contributed by atoms with Gasteiger partial charge in [-0.15, -0.1) is 0 Å². The number of halogens is 2. The number of rotatable bonds is 3. The van der Waals surface area contributed by atoms with Crippen LogP contribution in [-0.2, 0) is 9.59 Å². The Kier molecular flexibility index (Phi) is 5.03. The van der Waals surface area contributed by atoms with Crippen molar-refractivity contribution in [3.63, 3.8) is 0 Å². The number of imide groups is 1. The van der Waals surface area contributed by atoms with Crippen LogP contribution in [0.25, 0.3) is 0 Å². The van der Waals surface area contributed by atoms with E-state index in [1.807, 2.05) is 0 Å². The van der Waals surface area contributed by atoms with E-state index in [2.05, 4.69) is 5.32 Å². The molecule has 1 aromatic rings. The first-order valence-electron chi connectivity index (χ1n) is 9.35. The highest BCUT2D eigenvalue weighted by atomic mass is 35.5. The van der Waals surface area contributed by atoms with Gasteiger partial charge in [-0.25, -0.2) is 9.69 Å². The topological polar surface area (TPSA) is 69.7 Å². The van der Waals surface area contributed by atoms with Gasteiger partial charge in [0.15, 0.2) is 0 Å². The second kappa shape index (κ2) is 7.32. The van der Waals surface area contributed by atoms with E-state index in [0.29, 0.717) is 35.1 Å². The van der Waals surface area contributed by atoms with E-state index < -0.39 is 6.04 Å². The van der Waals surface area contributed by atoms with Crippen molar-refractivity contribution in [2.75, 3.05) is 11.4 Å². The van der Waals surface area contributed by atoms with Crippen LogP contribution in [0.4, 0.5) is 10.5 Å². The van der Waals surface area contributed by atoms with Crippen LogP contribution in [0.5, 0.6) is 0 Å². The molecule has 27 heavy (non-hydrogen) atoms. The van der Waals surface area contributed by atoms with Crippen molar-refractivity contribution in [3.8, 4) is 0 Å². The smallest absolute Gasteiger partial charge is 0.332 e. The first kappa shape index (κ1) is 18.6. The molecule has 3 aliphatic rings. The van der Waals surface area contributed by atoms with Crippen LogP contribution in [0.3, 0.4) is 0 Å². The summed E-state index contributed by atoms with van der Waals surface area (Å²) in [7, 11) is 0. The van der Waals surface area contributed by atoms with E-state index in [9.17, 15) is 14.4 Å². The van der Waals surface area contributed by atoms with Crippen molar-refractivity contribution in [2.45, 2.75) is 50.6 Å². The maximum atomic E-state index is 12.9. The highest BCUT2D eigenvalue weighted by Crippen LogP contribution is 2.34. The zero-order chi connectivity index (χ0) is 19.1. The molecule has 2 unspecified atom stereocenters. The van der Waals surface area contributed by atoms with E-state index in [1.165, 1.54) is 6.07 Å². The van der Waals surface area contributed by atoms with E-state index in [4.69, 9.17) is 23.2 Å². The number of carbonyl (C=O) groups is 3. The molecule has 144 valence electrons. The summed E-state index contributed by atoms with van der Waals surface area (Å²) in [5.74, 6) is -0.0982. The maximum absolute atomic E-state index is 12.9. The van der Waals surface area contributed by atoms with Crippen molar-refractivity contribution in [3.05, 3.63) is 28.2 Å². The van der Waals surface area contributed by atoms with Crippen molar-refractivity contribution in [1.29, 1.82) is 0 Å². The van der Waals surface area contributed by atoms with Crippen LogP contribution in [0.1, 0.15) is 38.5 Å². The predicted octanol–water partition coefficient (Wildman–Crippen LogP) is 3.60. The van der Waals surface area contributed by atoms with E-state index in [1.54, 1.807) is 17.0 Å². The van der Waals surface area contributed by atoms with Crippen LogP contribution in [0.15, 0.2) is 18.2 Å². The number of benzene rings is 1. The number of hydrogen-bond acceptors (Lipinski definition) is 3. The Labute approximate surface area is 167 Å². The minimum atomic E-state index is -0.547. The second-order valence-electron chi connectivity index (χ2n) is 7.48. The molecule has 1 N–H and O–H groups in total. The van der Waals surface area contributed by atoms with Crippen molar-refractivity contribution in [2.24, 2.45) is 5.92 Å². The lowest BCUT2D eigenvalue weighted by molar-refractivity contribution is -0.127. The van der Waals surface area contributed by atoms with Crippen LogP contribution in [-0.4, -0.2) is 41.4 Å². The molecule has 8 heteroatoms. The Hall–Kier alpha value is -1.79. The number of urea groups is 1. The Morgan fingerprint density at radius 2 is 1.81 bits per heavy atom. The van der Waals surface area contributed by atoms with Crippen LogP contribution >= 0.6 is 23.2 Å². The molecule has 2 saturated heterocycles. The van der Waals surface area contributed by atoms with Crippen LogP contribution in [0, 0.1) is 5.92 Å². The number of nitrogens with one attached hydrogen (secondary N) is 1. The summed E-state index contributed by atoms with van der Waals surface area (Å²) >= 11 is 12.0. The molecule has 0 aromatic heterocycles. The third-order valence-electron chi connectivity index (χ3n) is 5.78. The molecule has 4 amide bonds.